The molecule has 0 saturated carbocycles. The van der Waals surface area contributed by atoms with Crippen LogP contribution in [-0.2, 0) is 15.7 Å². The molecule has 1 saturated heterocycles. The summed E-state index contributed by atoms with van der Waals surface area (Å²) in [5.74, 6) is -0.180. The molecule has 4 nitrogen and oxygen atoms in total. The van der Waals surface area contributed by atoms with Crippen molar-refractivity contribution >= 4 is 11.7 Å². The molecular weight excluding hydrogens is 321 g/mol. The number of anilines is 1. The molecule has 1 aliphatic heterocycles. The molecule has 2 rings (SSSR count). The third-order valence-electron chi connectivity index (χ3n) is 4.07. The van der Waals surface area contributed by atoms with Gasteiger partial charge in [0.25, 0.3) is 0 Å². The first-order chi connectivity index (χ1) is 11.4. The molecule has 24 heavy (non-hydrogen) atoms. The van der Waals surface area contributed by atoms with Crippen molar-refractivity contribution in [2.75, 3.05) is 44.2 Å². The molecule has 1 heterocycles. The fourth-order valence-electron chi connectivity index (χ4n) is 2.79. The molecule has 0 bridgehead atoms. The molecule has 0 N–H and O–H groups in total. The number of halogens is 3. The molecule has 1 aromatic rings. The Morgan fingerprint density at radius 3 is 2.54 bits per heavy atom. The molecule has 7 heteroatoms. The Morgan fingerprint density at radius 1 is 1.21 bits per heavy atom. The normalized spacial score (nSPS) is 16.2. The summed E-state index contributed by atoms with van der Waals surface area (Å²) in [5, 5.41) is 0. The van der Waals surface area contributed by atoms with E-state index in [0.29, 0.717) is 31.8 Å². The Kier molecular flexibility index (Phi) is 6.48. The Balaban J connectivity index is 1.79. The van der Waals surface area contributed by atoms with E-state index in [9.17, 15) is 18.0 Å². The molecule has 0 spiro atoms. The van der Waals surface area contributed by atoms with Crippen LogP contribution >= 0.6 is 0 Å². The second-order valence-corrected chi connectivity index (χ2v) is 5.79. The lowest BCUT2D eigenvalue weighted by atomic mass is 10.1. The zero-order valence-electron chi connectivity index (χ0n) is 13.8. The monoisotopic (exact) mass is 344 g/mol. The number of rotatable bonds is 6. The van der Waals surface area contributed by atoms with E-state index in [1.807, 2.05) is 4.90 Å². The molecule has 0 aromatic heterocycles. The van der Waals surface area contributed by atoms with Crippen LogP contribution in [0.15, 0.2) is 24.3 Å². The molecule has 1 aromatic carbocycles. The summed E-state index contributed by atoms with van der Waals surface area (Å²) in [6, 6.07) is 5.46. The molecule has 0 radical (unpaired) electrons. The SMILES string of the molecule is CCOC(=O)CCCN1CCN(c2cccc(C(F)(F)F)c2)CC1. The van der Waals surface area contributed by atoms with E-state index in [2.05, 4.69) is 4.90 Å². The lowest BCUT2D eigenvalue weighted by molar-refractivity contribution is -0.143. The van der Waals surface area contributed by atoms with Gasteiger partial charge in [-0.05, 0) is 38.1 Å². The van der Waals surface area contributed by atoms with Crippen LogP contribution in [0.4, 0.5) is 18.9 Å². The number of alkyl halides is 3. The summed E-state index contributed by atoms with van der Waals surface area (Å²) in [6.07, 6.45) is -3.17. The molecule has 1 fully saturated rings. The summed E-state index contributed by atoms with van der Waals surface area (Å²) >= 11 is 0. The maximum absolute atomic E-state index is 12.8. The third kappa shape index (κ3) is 5.40. The summed E-state index contributed by atoms with van der Waals surface area (Å²) in [7, 11) is 0. The lowest BCUT2D eigenvalue weighted by Gasteiger charge is -2.36. The van der Waals surface area contributed by atoms with E-state index in [1.165, 1.54) is 12.1 Å². The van der Waals surface area contributed by atoms with E-state index in [1.54, 1.807) is 13.0 Å². The molecule has 0 aliphatic carbocycles. The van der Waals surface area contributed by atoms with Gasteiger partial charge in [-0.2, -0.15) is 13.2 Å². The summed E-state index contributed by atoms with van der Waals surface area (Å²) in [5.41, 5.74) is -0.00661. The van der Waals surface area contributed by atoms with Gasteiger partial charge in [0, 0.05) is 38.3 Å². The highest BCUT2D eigenvalue weighted by Gasteiger charge is 2.31. The summed E-state index contributed by atoms with van der Waals surface area (Å²) in [6.45, 7) is 5.90. The minimum absolute atomic E-state index is 0.180. The van der Waals surface area contributed by atoms with E-state index >= 15 is 0 Å². The molecule has 1 aliphatic rings. The van der Waals surface area contributed by atoms with Crippen molar-refractivity contribution in [1.29, 1.82) is 0 Å². The van der Waals surface area contributed by atoms with Crippen LogP contribution in [-0.4, -0.2) is 50.2 Å². The highest BCUT2D eigenvalue weighted by Crippen LogP contribution is 2.31. The van der Waals surface area contributed by atoms with Gasteiger partial charge in [-0.15, -0.1) is 0 Å². The number of esters is 1. The van der Waals surface area contributed by atoms with Gasteiger partial charge in [0.15, 0.2) is 0 Å². The van der Waals surface area contributed by atoms with Crippen molar-refractivity contribution in [3.63, 3.8) is 0 Å². The van der Waals surface area contributed by atoms with Crippen LogP contribution in [0.3, 0.4) is 0 Å². The van der Waals surface area contributed by atoms with E-state index in [4.69, 9.17) is 4.74 Å². The van der Waals surface area contributed by atoms with E-state index in [0.717, 1.165) is 32.1 Å². The standard InChI is InChI=1S/C17H23F3N2O2/c1-2-24-16(23)7-4-8-21-9-11-22(12-10-21)15-6-3-5-14(13-15)17(18,19)20/h3,5-6,13H,2,4,7-12H2,1H3. The number of piperazine rings is 1. The van der Waals surface area contributed by atoms with Crippen molar-refractivity contribution in [3.8, 4) is 0 Å². The number of benzene rings is 1. The van der Waals surface area contributed by atoms with E-state index < -0.39 is 11.7 Å². The van der Waals surface area contributed by atoms with Gasteiger partial charge in [0.05, 0.1) is 12.2 Å². The average Bonchev–Trinajstić information content (AvgIpc) is 2.55. The molecule has 134 valence electrons. The van der Waals surface area contributed by atoms with Crippen LogP contribution in [0, 0.1) is 0 Å². The zero-order chi connectivity index (χ0) is 17.6. The number of nitrogens with zero attached hydrogens (tertiary/aromatic N) is 2. The van der Waals surface area contributed by atoms with E-state index in [-0.39, 0.29) is 5.97 Å². The Labute approximate surface area is 140 Å². The first-order valence-corrected chi connectivity index (χ1v) is 8.20. The maximum Gasteiger partial charge on any atom is 0.416 e. The highest BCUT2D eigenvalue weighted by molar-refractivity contribution is 5.69. The van der Waals surface area contributed by atoms with Crippen LogP contribution in [0.25, 0.3) is 0 Å². The first-order valence-electron chi connectivity index (χ1n) is 8.20. The quantitative estimate of drug-likeness (QED) is 0.742. The fraction of sp³-hybridized carbons (Fsp3) is 0.588. The number of carbonyl (C=O) groups is 1. The lowest BCUT2D eigenvalue weighted by Crippen LogP contribution is -2.46. The highest BCUT2D eigenvalue weighted by atomic mass is 19.4. The topological polar surface area (TPSA) is 32.8 Å². The Bertz CT molecular complexity index is 541. The Morgan fingerprint density at radius 2 is 1.92 bits per heavy atom. The smallest absolute Gasteiger partial charge is 0.416 e. The van der Waals surface area contributed by atoms with Crippen LogP contribution in [0.1, 0.15) is 25.3 Å². The molecule has 0 atom stereocenters. The minimum atomic E-state index is -4.31. The third-order valence-corrected chi connectivity index (χ3v) is 4.07. The number of hydrogen-bond donors (Lipinski definition) is 0. The van der Waals surface area contributed by atoms with Gasteiger partial charge in [-0.25, -0.2) is 0 Å². The first kappa shape index (κ1) is 18.6. The van der Waals surface area contributed by atoms with Gasteiger partial charge in [-0.1, -0.05) is 6.07 Å². The number of carbonyl (C=O) groups excluding carboxylic acids is 1. The fourth-order valence-corrected chi connectivity index (χ4v) is 2.79. The summed E-state index contributed by atoms with van der Waals surface area (Å²) < 4.78 is 43.3. The van der Waals surface area contributed by atoms with Crippen LogP contribution < -0.4 is 4.90 Å². The minimum Gasteiger partial charge on any atom is -0.466 e. The molecular formula is C17H23F3N2O2. The maximum atomic E-state index is 12.8. The van der Waals surface area contributed by atoms with Crippen LogP contribution in [0.2, 0.25) is 0 Å². The predicted molar refractivity (Wildman–Crippen MR) is 86.0 cm³/mol. The molecule has 0 unspecified atom stereocenters. The zero-order valence-corrected chi connectivity index (χ0v) is 13.8. The predicted octanol–water partition coefficient (Wildman–Crippen LogP) is 3.17. The van der Waals surface area contributed by atoms with Crippen molar-refractivity contribution < 1.29 is 22.7 Å². The van der Waals surface area contributed by atoms with Crippen molar-refractivity contribution in [2.24, 2.45) is 0 Å². The van der Waals surface area contributed by atoms with Gasteiger partial charge >= 0.3 is 12.1 Å². The van der Waals surface area contributed by atoms with Crippen LogP contribution in [0.5, 0.6) is 0 Å². The van der Waals surface area contributed by atoms with Crippen molar-refractivity contribution in [3.05, 3.63) is 29.8 Å². The second-order valence-electron chi connectivity index (χ2n) is 5.79. The van der Waals surface area contributed by atoms with Gasteiger partial charge in [-0.3, -0.25) is 9.69 Å². The Hall–Kier alpha value is -1.76. The largest absolute Gasteiger partial charge is 0.466 e. The molecule has 0 amide bonds. The number of hydrogen-bond acceptors (Lipinski definition) is 4. The second kappa shape index (κ2) is 8.37. The average molecular weight is 344 g/mol. The van der Waals surface area contributed by atoms with Gasteiger partial charge in [0.1, 0.15) is 0 Å². The summed E-state index contributed by atoms with van der Waals surface area (Å²) in [4.78, 5) is 15.5. The van der Waals surface area contributed by atoms with Crippen molar-refractivity contribution in [2.45, 2.75) is 25.9 Å². The van der Waals surface area contributed by atoms with Gasteiger partial charge in [0.2, 0.25) is 0 Å². The van der Waals surface area contributed by atoms with Crippen molar-refractivity contribution in [1.82, 2.24) is 4.90 Å². The van der Waals surface area contributed by atoms with Gasteiger partial charge < -0.3 is 9.64 Å². The number of ether oxygens (including phenoxy) is 1.